The Balaban J connectivity index is 2.66. The van der Waals surface area contributed by atoms with Crippen LogP contribution < -0.4 is 4.90 Å². The molecule has 0 aromatic carbocycles. The minimum absolute atomic E-state index is 0.443. The third-order valence-corrected chi connectivity index (χ3v) is 2.93. The van der Waals surface area contributed by atoms with E-state index >= 15 is 0 Å². The lowest BCUT2D eigenvalue weighted by molar-refractivity contribution is 0.199. The van der Waals surface area contributed by atoms with E-state index in [1.54, 1.807) is 13.1 Å². The highest BCUT2D eigenvalue weighted by molar-refractivity contribution is 5.38. The summed E-state index contributed by atoms with van der Waals surface area (Å²) in [6, 6.07) is 3.89. The molecule has 0 aliphatic heterocycles. The fraction of sp³-hybridized carbons (Fsp3) is 0.615. The number of pyridine rings is 1. The van der Waals surface area contributed by atoms with Gasteiger partial charge in [0.15, 0.2) is 0 Å². The van der Waals surface area contributed by atoms with E-state index in [4.69, 9.17) is 0 Å². The lowest BCUT2D eigenvalue weighted by atomic mass is 10.1. The second kappa shape index (κ2) is 5.85. The summed E-state index contributed by atoms with van der Waals surface area (Å²) in [6.07, 6.45) is 2.48. The maximum absolute atomic E-state index is 9.38. The summed E-state index contributed by atoms with van der Waals surface area (Å²) < 4.78 is 0. The summed E-state index contributed by atoms with van der Waals surface area (Å²) >= 11 is 0. The molecule has 1 N–H and O–H groups in total. The van der Waals surface area contributed by atoms with Gasteiger partial charge < -0.3 is 10.0 Å². The zero-order valence-corrected chi connectivity index (χ0v) is 10.6. The van der Waals surface area contributed by atoms with E-state index in [0.29, 0.717) is 5.92 Å². The minimum atomic E-state index is -0.443. The van der Waals surface area contributed by atoms with Crippen molar-refractivity contribution in [2.75, 3.05) is 18.5 Å². The van der Waals surface area contributed by atoms with Gasteiger partial charge in [0.05, 0.1) is 6.10 Å². The van der Waals surface area contributed by atoms with Crippen molar-refractivity contribution < 1.29 is 5.11 Å². The van der Waals surface area contributed by atoms with Crippen molar-refractivity contribution >= 4 is 5.82 Å². The van der Waals surface area contributed by atoms with Crippen molar-refractivity contribution in [1.82, 2.24) is 4.98 Å². The first kappa shape index (κ1) is 13.0. The van der Waals surface area contributed by atoms with Gasteiger partial charge in [0.1, 0.15) is 5.82 Å². The minimum Gasteiger partial charge on any atom is -0.389 e. The van der Waals surface area contributed by atoms with Gasteiger partial charge in [-0.1, -0.05) is 26.3 Å². The molecule has 2 atom stereocenters. The highest BCUT2D eigenvalue weighted by Gasteiger charge is 2.07. The van der Waals surface area contributed by atoms with Crippen LogP contribution in [0.5, 0.6) is 0 Å². The topological polar surface area (TPSA) is 36.4 Å². The van der Waals surface area contributed by atoms with Crippen molar-refractivity contribution in [2.24, 2.45) is 5.92 Å². The van der Waals surface area contributed by atoms with Crippen LogP contribution in [0.1, 0.15) is 38.9 Å². The van der Waals surface area contributed by atoms with Crippen molar-refractivity contribution in [2.45, 2.75) is 33.3 Å². The summed E-state index contributed by atoms with van der Waals surface area (Å²) in [5.41, 5.74) is 0.862. The number of rotatable bonds is 5. The SMILES string of the molecule is CCC(C)CN(C)c1ccc([C@@H](C)O)cn1. The summed E-state index contributed by atoms with van der Waals surface area (Å²) in [4.78, 5) is 6.51. The van der Waals surface area contributed by atoms with E-state index in [1.165, 1.54) is 6.42 Å². The maximum Gasteiger partial charge on any atom is 0.128 e. The Bertz CT molecular complexity index is 308. The second-order valence-electron chi connectivity index (χ2n) is 4.52. The smallest absolute Gasteiger partial charge is 0.128 e. The number of aliphatic hydroxyl groups is 1. The van der Waals surface area contributed by atoms with Gasteiger partial charge in [0.2, 0.25) is 0 Å². The monoisotopic (exact) mass is 222 g/mol. The molecule has 1 heterocycles. The van der Waals surface area contributed by atoms with Crippen LogP contribution >= 0.6 is 0 Å². The molecular formula is C13H22N2O. The number of hydrogen-bond donors (Lipinski definition) is 1. The number of hydrogen-bond acceptors (Lipinski definition) is 3. The Morgan fingerprint density at radius 1 is 1.38 bits per heavy atom. The van der Waals surface area contributed by atoms with Crippen molar-refractivity contribution in [1.29, 1.82) is 0 Å². The van der Waals surface area contributed by atoms with Gasteiger partial charge in [0, 0.05) is 19.8 Å². The average molecular weight is 222 g/mol. The molecule has 90 valence electrons. The Morgan fingerprint density at radius 2 is 2.06 bits per heavy atom. The normalized spacial score (nSPS) is 14.6. The summed E-state index contributed by atoms with van der Waals surface area (Å²) in [5.74, 6) is 1.63. The molecule has 0 spiro atoms. The molecular weight excluding hydrogens is 200 g/mol. The van der Waals surface area contributed by atoms with Gasteiger partial charge in [0.25, 0.3) is 0 Å². The third-order valence-electron chi connectivity index (χ3n) is 2.93. The Hall–Kier alpha value is -1.09. The molecule has 0 bridgehead atoms. The fourth-order valence-electron chi connectivity index (χ4n) is 1.56. The first-order valence-corrected chi connectivity index (χ1v) is 5.89. The predicted octanol–water partition coefficient (Wildman–Crippen LogP) is 2.62. The highest BCUT2D eigenvalue weighted by Crippen LogP contribution is 2.16. The van der Waals surface area contributed by atoms with Crippen LogP contribution in [0.3, 0.4) is 0 Å². The molecule has 1 unspecified atom stereocenters. The summed E-state index contributed by atoms with van der Waals surface area (Å²) in [5, 5.41) is 9.38. The zero-order valence-electron chi connectivity index (χ0n) is 10.6. The van der Waals surface area contributed by atoms with Gasteiger partial charge in [-0.2, -0.15) is 0 Å². The second-order valence-corrected chi connectivity index (χ2v) is 4.52. The molecule has 3 heteroatoms. The van der Waals surface area contributed by atoms with Gasteiger partial charge in [-0.3, -0.25) is 0 Å². The first-order valence-electron chi connectivity index (χ1n) is 5.89. The fourth-order valence-corrected chi connectivity index (χ4v) is 1.56. The van der Waals surface area contributed by atoms with E-state index < -0.39 is 6.10 Å². The molecule has 0 fully saturated rings. The Labute approximate surface area is 98.1 Å². The van der Waals surface area contributed by atoms with Crippen molar-refractivity contribution in [3.63, 3.8) is 0 Å². The van der Waals surface area contributed by atoms with E-state index in [-0.39, 0.29) is 0 Å². The molecule has 0 amide bonds. The molecule has 1 aromatic heterocycles. The third kappa shape index (κ3) is 3.49. The van der Waals surface area contributed by atoms with E-state index in [0.717, 1.165) is 17.9 Å². The van der Waals surface area contributed by atoms with Crippen LogP contribution in [0.25, 0.3) is 0 Å². The molecule has 0 aliphatic rings. The molecule has 3 nitrogen and oxygen atoms in total. The van der Waals surface area contributed by atoms with E-state index in [9.17, 15) is 5.11 Å². The zero-order chi connectivity index (χ0) is 12.1. The standard InChI is InChI=1S/C13H22N2O/c1-5-10(2)9-15(4)13-7-6-12(8-14-13)11(3)16/h6-8,10-11,16H,5,9H2,1-4H3/t10?,11-/m1/s1. The summed E-state index contributed by atoms with van der Waals surface area (Å²) in [6.45, 7) is 7.19. The average Bonchev–Trinajstić information content (AvgIpc) is 2.28. The number of aromatic nitrogens is 1. The lowest BCUT2D eigenvalue weighted by Gasteiger charge is -2.22. The summed E-state index contributed by atoms with van der Waals surface area (Å²) in [7, 11) is 2.05. The number of anilines is 1. The van der Waals surface area contributed by atoms with Crippen LogP contribution in [0.2, 0.25) is 0 Å². The van der Waals surface area contributed by atoms with Gasteiger partial charge in [-0.05, 0) is 24.5 Å². The largest absolute Gasteiger partial charge is 0.389 e. The maximum atomic E-state index is 9.38. The van der Waals surface area contributed by atoms with Gasteiger partial charge >= 0.3 is 0 Å². The van der Waals surface area contributed by atoms with E-state index in [1.807, 2.05) is 12.1 Å². The molecule has 0 saturated carbocycles. The quantitative estimate of drug-likeness (QED) is 0.832. The van der Waals surface area contributed by atoms with Crippen molar-refractivity contribution in [3.05, 3.63) is 23.9 Å². The van der Waals surface area contributed by atoms with Crippen molar-refractivity contribution in [3.8, 4) is 0 Å². The number of nitrogens with zero attached hydrogens (tertiary/aromatic N) is 2. The first-order chi connectivity index (χ1) is 7.54. The predicted molar refractivity (Wildman–Crippen MR) is 67.6 cm³/mol. The molecule has 1 rings (SSSR count). The molecule has 0 radical (unpaired) electrons. The van der Waals surface area contributed by atoms with E-state index in [2.05, 4.69) is 30.8 Å². The lowest BCUT2D eigenvalue weighted by Crippen LogP contribution is -2.24. The molecule has 0 aliphatic carbocycles. The molecule has 0 saturated heterocycles. The van der Waals surface area contributed by atoms with Gasteiger partial charge in [-0.15, -0.1) is 0 Å². The van der Waals surface area contributed by atoms with Gasteiger partial charge in [-0.25, -0.2) is 4.98 Å². The Kier molecular flexibility index (Phi) is 4.74. The van der Waals surface area contributed by atoms with Crippen LogP contribution in [-0.4, -0.2) is 23.7 Å². The van der Waals surface area contributed by atoms with Crippen LogP contribution in [0.15, 0.2) is 18.3 Å². The number of aliphatic hydroxyl groups excluding tert-OH is 1. The van der Waals surface area contributed by atoms with Crippen LogP contribution in [-0.2, 0) is 0 Å². The Morgan fingerprint density at radius 3 is 2.50 bits per heavy atom. The molecule has 1 aromatic rings. The van der Waals surface area contributed by atoms with Crippen LogP contribution in [0, 0.1) is 5.92 Å². The van der Waals surface area contributed by atoms with Crippen LogP contribution in [0.4, 0.5) is 5.82 Å². The molecule has 16 heavy (non-hydrogen) atoms. The highest BCUT2D eigenvalue weighted by atomic mass is 16.3.